The van der Waals surface area contributed by atoms with Gasteiger partial charge < -0.3 is 5.32 Å². The molecular formula is C17H25N3. The Morgan fingerprint density at radius 1 is 1.15 bits per heavy atom. The number of aromatic nitrogens is 2. The first-order valence-electron chi connectivity index (χ1n) is 7.50. The largest absolute Gasteiger partial charge is 0.313 e. The summed E-state index contributed by atoms with van der Waals surface area (Å²) in [6, 6.07) is 6.70. The van der Waals surface area contributed by atoms with E-state index >= 15 is 0 Å². The highest BCUT2D eigenvalue weighted by Gasteiger charge is 2.11. The molecule has 0 atom stereocenters. The van der Waals surface area contributed by atoms with Gasteiger partial charge in [0.15, 0.2) is 0 Å². The zero-order valence-electron chi connectivity index (χ0n) is 13.0. The molecule has 1 heterocycles. The predicted octanol–water partition coefficient (Wildman–Crippen LogP) is 3.69. The van der Waals surface area contributed by atoms with Crippen molar-refractivity contribution in [2.75, 3.05) is 6.54 Å². The van der Waals surface area contributed by atoms with E-state index in [4.69, 9.17) is 0 Å². The van der Waals surface area contributed by atoms with Gasteiger partial charge in [-0.25, -0.2) is 0 Å². The van der Waals surface area contributed by atoms with Crippen LogP contribution < -0.4 is 5.32 Å². The lowest BCUT2D eigenvalue weighted by Crippen LogP contribution is -2.11. The maximum atomic E-state index is 4.52. The van der Waals surface area contributed by atoms with Gasteiger partial charge in [0.05, 0.1) is 6.20 Å². The van der Waals surface area contributed by atoms with E-state index in [2.05, 4.69) is 61.0 Å². The number of aryl methyl sites for hydroxylation is 2. The van der Waals surface area contributed by atoms with E-state index in [1.165, 1.54) is 27.9 Å². The molecule has 0 fully saturated rings. The average molecular weight is 271 g/mol. The Kier molecular flexibility index (Phi) is 4.96. The van der Waals surface area contributed by atoms with Crippen LogP contribution in [-0.2, 0) is 13.1 Å². The van der Waals surface area contributed by atoms with Gasteiger partial charge in [0, 0.05) is 24.3 Å². The van der Waals surface area contributed by atoms with Crippen LogP contribution in [0.25, 0.3) is 11.1 Å². The summed E-state index contributed by atoms with van der Waals surface area (Å²) in [6.45, 7) is 11.6. The number of hydrogen-bond acceptors (Lipinski definition) is 2. The SMILES string of the molecule is CCCn1ncc(-c2cc(CNCC)ccc2C)c1C. The second-order valence-electron chi connectivity index (χ2n) is 5.30. The number of hydrogen-bond donors (Lipinski definition) is 1. The summed E-state index contributed by atoms with van der Waals surface area (Å²) < 4.78 is 2.10. The quantitative estimate of drug-likeness (QED) is 0.868. The van der Waals surface area contributed by atoms with E-state index in [1.807, 2.05) is 6.20 Å². The molecule has 3 heteroatoms. The molecule has 2 aromatic rings. The van der Waals surface area contributed by atoms with Crippen molar-refractivity contribution in [2.24, 2.45) is 0 Å². The smallest absolute Gasteiger partial charge is 0.0571 e. The first-order chi connectivity index (χ1) is 9.67. The monoisotopic (exact) mass is 271 g/mol. The van der Waals surface area contributed by atoms with Crippen LogP contribution in [0.15, 0.2) is 24.4 Å². The third-order valence-corrected chi connectivity index (χ3v) is 3.71. The zero-order chi connectivity index (χ0) is 14.5. The van der Waals surface area contributed by atoms with E-state index in [0.717, 1.165) is 26.1 Å². The Morgan fingerprint density at radius 2 is 1.95 bits per heavy atom. The molecular weight excluding hydrogens is 246 g/mol. The molecule has 1 aromatic heterocycles. The molecule has 0 aliphatic rings. The fraction of sp³-hybridized carbons (Fsp3) is 0.471. The van der Waals surface area contributed by atoms with Crippen molar-refractivity contribution in [3.8, 4) is 11.1 Å². The van der Waals surface area contributed by atoms with E-state index in [0.29, 0.717) is 0 Å². The number of benzene rings is 1. The van der Waals surface area contributed by atoms with Crippen molar-refractivity contribution in [2.45, 2.75) is 47.2 Å². The van der Waals surface area contributed by atoms with E-state index in [1.54, 1.807) is 0 Å². The van der Waals surface area contributed by atoms with Crippen molar-refractivity contribution in [1.29, 1.82) is 0 Å². The Bertz CT molecular complexity index is 570. The summed E-state index contributed by atoms with van der Waals surface area (Å²) in [6.07, 6.45) is 3.12. The molecule has 0 spiro atoms. The summed E-state index contributed by atoms with van der Waals surface area (Å²) >= 11 is 0. The van der Waals surface area contributed by atoms with Crippen molar-refractivity contribution in [3.63, 3.8) is 0 Å². The molecule has 0 bridgehead atoms. The fourth-order valence-corrected chi connectivity index (χ4v) is 2.49. The topological polar surface area (TPSA) is 29.9 Å². The minimum atomic E-state index is 0.923. The molecule has 0 unspecified atom stereocenters. The average Bonchev–Trinajstić information content (AvgIpc) is 2.80. The van der Waals surface area contributed by atoms with Crippen LogP contribution >= 0.6 is 0 Å². The molecule has 0 saturated carbocycles. The van der Waals surface area contributed by atoms with Gasteiger partial charge in [-0.1, -0.05) is 26.0 Å². The highest BCUT2D eigenvalue weighted by molar-refractivity contribution is 5.69. The van der Waals surface area contributed by atoms with Crippen LogP contribution in [-0.4, -0.2) is 16.3 Å². The third-order valence-electron chi connectivity index (χ3n) is 3.71. The number of rotatable bonds is 6. The molecule has 3 nitrogen and oxygen atoms in total. The first kappa shape index (κ1) is 14.8. The summed E-state index contributed by atoms with van der Waals surface area (Å²) in [5, 5.41) is 7.90. The lowest BCUT2D eigenvalue weighted by molar-refractivity contribution is 0.587. The highest BCUT2D eigenvalue weighted by atomic mass is 15.3. The maximum absolute atomic E-state index is 4.52. The lowest BCUT2D eigenvalue weighted by Gasteiger charge is -2.10. The van der Waals surface area contributed by atoms with E-state index < -0.39 is 0 Å². The molecule has 108 valence electrons. The minimum absolute atomic E-state index is 0.923. The lowest BCUT2D eigenvalue weighted by atomic mass is 9.98. The van der Waals surface area contributed by atoms with Gasteiger partial charge in [-0.15, -0.1) is 0 Å². The van der Waals surface area contributed by atoms with Gasteiger partial charge in [-0.3, -0.25) is 4.68 Å². The van der Waals surface area contributed by atoms with E-state index in [9.17, 15) is 0 Å². The minimum Gasteiger partial charge on any atom is -0.313 e. The standard InChI is InChI=1S/C17H25N3/c1-5-9-20-14(4)17(12-19-20)16-10-15(11-18-6-2)8-7-13(16)3/h7-8,10,12,18H,5-6,9,11H2,1-4H3. The van der Waals surface area contributed by atoms with Crippen LogP contribution in [0.3, 0.4) is 0 Å². The van der Waals surface area contributed by atoms with Crippen LogP contribution in [0, 0.1) is 13.8 Å². The van der Waals surface area contributed by atoms with Crippen LogP contribution in [0.4, 0.5) is 0 Å². The number of nitrogens with one attached hydrogen (secondary N) is 1. The highest BCUT2D eigenvalue weighted by Crippen LogP contribution is 2.27. The molecule has 0 aliphatic carbocycles. The molecule has 1 N–H and O–H groups in total. The summed E-state index contributed by atoms with van der Waals surface area (Å²) in [7, 11) is 0. The predicted molar refractivity (Wildman–Crippen MR) is 84.8 cm³/mol. The molecule has 0 amide bonds. The molecule has 0 aliphatic heterocycles. The van der Waals surface area contributed by atoms with Crippen molar-refractivity contribution < 1.29 is 0 Å². The van der Waals surface area contributed by atoms with Crippen LogP contribution in [0.2, 0.25) is 0 Å². The van der Waals surface area contributed by atoms with Gasteiger partial charge in [0.25, 0.3) is 0 Å². The van der Waals surface area contributed by atoms with Gasteiger partial charge in [0.1, 0.15) is 0 Å². The molecule has 0 radical (unpaired) electrons. The Labute approximate surface area is 122 Å². The Balaban J connectivity index is 2.36. The van der Waals surface area contributed by atoms with Crippen LogP contribution in [0.1, 0.15) is 37.1 Å². The number of nitrogens with zero attached hydrogens (tertiary/aromatic N) is 2. The fourth-order valence-electron chi connectivity index (χ4n) is 2.49. The second-order valence-corrected chi connectivity index (χ2v) is 5.30. The second kappa shape index (κ2) is 6.71. The van der Waals surface area contributed by atoms with Crippen LogP contribution in [0.5, 0.6) is 0 Å². The van der Waals surface area contributed by atoms with E-state index in [-0.39, 0.29) is 0 Å². The first-order valence-corrected chi connectivity index (χ1v) is 7.50. The molecule has 20 heavy (non-hydrogen) atoms. The van der Waals surface area contributed by atoms with Crippen molar-refractivity contribution in [1.82, 2.24) is 15.1 Å². The van der Waals surface area contributed by atoms with Gasteiger partial charge >= 0.3 is 0 Å². The summed E-state index contributed by atoms with van der Waals surface area (Å²) in [5.41, 5.74) is 6.46. The van der Waals surface area contributed by atoms with Gasteiger partial charge in [-0.2, -0.15) is 5.10 Å². The molecule has 1 aromatic carbocycles. The molecule has 2 rings (SSSR count). The summed E-state index contributed by atoms with van der Waals surface area (Å²) in [4.78, 5) is 0. The zero-order valence-corrected chi connectivity index (χ0v) is 13.0. The Morgan fingerprint density at radius 3 is 2.65 bits per heavy atom. The normalized spacial score (nSPS) is 11.0. The van der Waals surface area contributed by atoms with Crippen molar-refractivity contribution in [3.05, 3.63) is 41.2 Å². The third kappa shape index (κ3) is 3.10. The Hall–Kier alpha value is -1.61. The summed E-state index contributed by atoms with van der Waals surface area (Å²) in [5.74, 6) is 0. The molecule has 0 saturated heterocycles. The maximum Gasteiger partial charge on any atom is 0.0571 e. The van der Waals surface area contributed by atoms with Crippen molar-refractivity contribution >= 4 is 0 Å². The van der Waals surface area contributed by atoms with Gasteiger partial charge in [-0.05, 0) is 49.6 Å². The van der Waals surface area contributed by atoms with Gasteiger partial charge in [0.2, 0.25) is 0 Å².